The molecular weight excluding hydrogens is 357 g/mol. The van der Waals surface area contributed by atoms with Crippen molar-refractivity contribution in [1.29, 1.82) is 0 Å². The lowest BCUT2D eigenvalue weighted by atomic mass is 10.3. The topological polar surface area (TPSA) is 56.1 Å². The van der Waals surface area contributed by atoms with Crippen molar-refractivity contribution >= 4 is 5.95 Å². The molecule has 0 N–H and O–H groups in total. The van der Waals surface area contributed by atoms with Crippen LogP contribution in [0.1, 0.15) is 5.56 Å². The van der Waals surface area contributed by atoms with E-state index in [-0.39, 0.29) is 5.82 Å². The van der Waals surface area contributed by atoms with Crippen molar-refractivity contribution in [2.24, 2.45) is 0 Å². The Balaban J connectivity index is 1.46. The first-order chi connectivity index (χ1) is 13.7. The maximum Gasteiger partial charge on any atom is 0.228 e. The summed E-state index contributed by atoms with van der Waals surface area (Å²) in [5.41, 5.74) is 2.03. The minimum absolute atomic E-state index is 0.313. The van der Waals surface area contributed by atoms with Gasteiger partial charge in [-0.25, -0.2) is 14.1 Å². The van der Waals surface area contributed by atoms with Crippen LogP contribution in [0.15, 0.2) is 79.3 Å². The van der Waals surface area contributed by atoms with E-state index >= 15 is 0 Å². The Morgan fingerprint density at radius 2 is 1.82 bits per heavy atom. The van der Waals surface area contributed by atoms with Crippen LogP contribution >= 0.6 is 0 Å². The molecule has 2 aromatic heterocycles. The molecule has 140 valence electrons. The summed E-state index contributed by atoms with van der Waals surface area (Å²) < 4.78 is 20.5. The molecule has 4 rings (SSSR count). The fourth-order valence-corrected chi connectivity index (χ4v) is 2.70. The minimum atomic E-state index is -0.313. The number of anilines is 1. The van der Waals surface area contributed by atoms with Gasteiger partial charge in [-0.1, -0.05) is 18.2 Å². The molecule has 0 aliphatic carbocycles. The highest BCUT2D eigenvalue weighted by atomic mass is 19.1. The molecule has 0 fully saturated rings. The number of hydrogen-bond donors (Lipinski definition) is 0. The highest BCUT2D eigenvalue weighted by Crippen LogP contribution is 2.21. The molecule has 0 saturated carbocycles. The lowest BCUT2D eigenvalue weighted by molar-refractivity contribution is 0.459. The summed E-state index contributed by atoms with van der Waals surface area (Å²) in [5, 5.41) is 4.41. The largest absolute Gasteiger partial charge is 0.439 e. The van der Waals surface area contributed by atoms with Crippen LogP contribution < -0.4 is 9.64 Å². The first-order valence-corrected chi connectivity index (χ1v) is 8.74. The maximum absolute atomic E-state index is 13.0. The van der Waals surface area contributed by atoms with Crippen molar-refractivity contribution in [3.8, 4) is 17.3 Å². The highest BCUT2D eigenvalue weighted by Gasteiger charge is 2.10. The lowest BCUT2D eigenvalue weighted by Gasteiger charge is -2.16. The summed E-state index contributed by atoms with van der Waals surface area (Å²) in [7, 11) is 1.90. The van der Waals surface area contributed by atoms with Gasteiger partial charge >= 0.3 is 0 Å². The Kier molecular flexibility index (Phi) is 4.97. The quantitative estimate of drug-likeness (QED) is 0.505. The number of aromatic nitrogens is 4. The summed E-state index contributed by atoms with van der Waals surface area (Å²) in [6.07, 6.45) is 5.43. The lowest BCUT2D eigenvalue weighted by Crippen LogP contribution is -2.18. The number of nitrogens with zero attached hydrogens (tertiary/aromatic N) is 5. The van der Waals surface area contributed by atoms with E-state index in [1.54, 1.807) is 24.4 Å². The van der Waals surface area contributed by atoms with Crippen LogP contribution in [0.2, 0.25) is 0 Å². The Morgan fingerprint density at radius 3 is 2.61 bits per heavy atom. The fraction of sp³-hybridized carbons (Fsp3) is 0.0952. The number of para-hydroxylation sites is 1. The number of rotatable bonds is 6. The monoisotopic (exact) mass is 375 g/mol. The molecule has 0 aliphatic rings. The minimum Gasteiger partial charge on any atom is -0.439 e. The zero-order valence-corrected chi connectivity index (χ0v) is 15.2. The molecule has 28 heavy (non-hydrogen) atoms. The van der Waals surface area contributed by atoms with Crippen LogP contribution in [-0.2, 0) is 6.54 Å². The SMILES string of the molecule is CN(Cc1cnn(-c2ccccc2)c1)c1nccc(Oc2ccc(F)cc2)n1. The van der Waals surface area contributed by atoms with Gasteiger partial charge in [0, 0.05) is 37.6 Å². The van der Waals surface area contributed by atoms with Gasteiger partial charge in [-0.3, -0.25) is 0 Å². The molecule has 4 aromatic rings. The normalized spacial score (nSPS) is 10.6. The summed E-state index contributed by atoms with van der Waals surface area (Å²) in [6, 6.07) is 17.4. The van der Waals surface area contributed by atoms with Gasteiger partial charge in [-0.2, -0.15) is 10.1 Å². The van der Waals surface area contributed by atoms with E-state index in [4.69, 9.17) is 4.74 Å². The van der Waals surface area contributed by atoms with Crippen LogP contribution in [0.25, 0.3) is 5.69 Å². The number of hydrogen-bond acceptors (Lipinski definition) is 5. The Labute approximate surface area is 161 Å². The van der Waals surface area contributed by atoms with Gasteiger partial charge < -0.3 is 9.64 Å². The van der Waals surface area contributed by atoms with Gasteiger partial charge in [-0.15, -0.1) is 0 Å². The number of halogens is 1. The van der Waals surface area contributed by atoms with E-state index in [1.165, 1.54) is 12.1 Å². The molecule has 0 bridgehead atoms. The van der Waals surface area contributed by atoms with Gasteiger partial charge in [0.15, 0.2) is 0 Å². The van der Waals surface area contributed by atoms with Crippen molar-refractivity contribution in [1.82, 2.24) is 19.7 Å². The average molecular weight is 375 g/mol. The molecule has 0 saturated heterocycles. The molecule has 0 aliphatic heterocycles. The van der Waals surface area contributed by atoms with Crippen molar-refractivity contribution in [2.75, 3.05) is 11.9 Å². The summed E-state index contributed by atoms with van der Waals surface area (Å²) in [5.74, 6) is 1.11. The molecule has 0 atom stereocenters. The van der Waals surface area contributed by atoms with Crippen molar-refractivity contribution in [3.05, 3.63) is 90.6 Å². The molecule has 0 spiro atoms. The molecule has 0 unspecified atom stereocenters. The molecule has 2 aromatic carbocycles. The van der Waals surface area contributed by atoms with E-state index in [2.05, 4.69) is 15.1 Å². The van der Waals surface area contributed by atoms with Crippen molar-refractivity contribution in [3.63, 3.8) is 0 Å². The zero-order chi connectivity index (χ0) is 19.3. The van der Waals surface area contributed by atoms with E-state index < -0.39 is 0 Å². The highest BCUT2D eigenvalue weighted by molar-refractivity contribution is 5.35. The predicted molar refractivity (Wildman–Crippen MR) is 104 cm³/mol. The molecular formula is C21H18FN5O. The molecule has 0 amide bonds. The zero-order valence-electron chi connectivity index (χ0n) is 15.2. The first kappa shape index (κ1) is 17.7. The van der Waals surface area contributed by atoms with E-state index in [9.17, 15) is 4.39 Å². The number of benzene rings is 2. The van der Waals surface area contributed by atoms with Gasteiger partial charge in [0.2, 0.25) is 11.8 Å². The molecule has 7 heteroatoms. The summed E-state index contributed by atoms with van der Waals surface area (Å²) in [4.78, 5) is 10.6. The Morgan fingerprint density at radius 1 is 1.04 bits per heavy atom. The van der Waals surface area contributed by atoms with Gasteiger partial charge in [0.25, 0.3) is 0 Å². The predicted octanol–water partition coefficient (Wildman–Crippen LogP) is 4.23. The smallest absolute Gasteiger partial charge is 0.228 e. The van der Waals surface area contributed by atoms with Gasteiger partial charge in [-0.05, 0) is 36.4 Å². The molecule has 2 heterocycles. The average Bonchev–Trinajstić information content (AvgIpc) is 3.19. The third-order valence-electron chi connectivity index (χ3n) is 4.07. The van der Waals surface area contributed by atoms with E-state index in [0.29, 0.717) is 24.1 Å². The van der Waals surface area contributed by atoms with E-state index in [0.717, 1.165) is 11.3 Å². The second-order valence-electron chi connectivity index (χ2n) is 6.24. The Bertz CT molecular complexity index is 1050. The van der Waals surface area contributed by atoms with Crippen LogP contribution in [0.5, 0.6) is 11.6 Å². The Hall–Kier alpha value is -3.74. The van der Waals surface area contributed by atoms with E-state index in [1.807, 2.05) is 59.4 Å². The summed E-state index contributed by atoms with van der Waals surface area (Å²) in [6.45, 7) is 0.590. The third-order valence-corrected chi connectivity index (χ3v) is 4.07. The molecule has 6 nitrogen and oxygen atoms in total. The van der Waals surface area contributed by atoms with Gasteiger partial charge in [0.05, 0.1) is 11.9 Å². The van der Waals surface area contributed by atoms with Crippen LogP contribution in [0.4, 0.5) is 10.3 Å². The fourth-order valence-electron chi connectivity index (χ4n) is 2.70. The van der Waals surface area contributed by atoms with Crippen LogP contribution in [0.3, 0.4) is 0 Å². The van der Waals surface area contributed by atoms with Crippen molar-refractivity contribution < 1.29 is 9.13 Å². The second-order valence-corrected chi connectivity index (χ2v) is 6.24. The molecule has 0 radical (unpaired) electrons. The third kappa shape index (κ3) is 4.15. The first-order valence-electron chi connectivity index (χ1n) is 8.74. The maximum atomic E-state index is 13.0. The van der Waals surface area contributed by atoms with Crippen LogP contribution in [-0.4, -0.2) is 26.8 Å². The standard InChI is InChI=1S/C21H18FN5O/c1-26(14-16-13-24-27(15-16)18-5-3-2-4-6-18)21-23-12-11-20(25-21)28-19-9-7-17(22)8-10-19/h2-13,15H,14H2,1H3. The van der Waals surface area contributed by atoms with Gasteiger partial charge in [0.1, 0.15) is 11.6 Å². The number of ether oxygens (including phenoxy) is 1. The second kappa shape index (κ2) is 7.87. The van der Waals surface area contributed by atoms with Crippen molar-refractivity contribution in [2.45, 2.75) is 6.54 Å². The summed E-state index contributed by atoms with van der Waals surface area (Å²) >= 11 is 0. The van der Waals surface area contributed by atoms with Crippen LogP contribution in [0, 0.1) is 5.82 Å².